The van der Waals surface area contributed by atoms with E-state index >= 15 is 0 Å². The molecule has 1 aromatic heterocycles. The largest absolute Gasteiger partial charge is 0.338 e. The van der Waals surface area contributed by atoms with Crippen molar-refractivity contribution in [3.63, 3.8) is 0 Å². The highest BCUT2D eigenvalue weighted by Gasteiger charge is 2.23. The third kappa shape index (κ3) is 4.14. The van der Waals surface area contributed by atoms with Crippen LogP contribution in [-0.4, -0.2) is 52.0 Å². The zero-order valence-electron chi connectivity index (χ0n) is 14.2. The van der Waals surface area contributed by atoms with Crippen LogP contribution in [0, 0.1) is 5.92 Å². The van der Waals surface area contributed by atoms with Crippen LogP contribution in [0.25, 0.3) is 11.4 Å². The Morgan fingerprint density at radius 2 is 1.92 bits per heavy atom. The molecule has 0 N–H and O–H groups in total. The first-order chi connectivity index (χ1) is 12.3. The van der Waals surface area contributed by atoms with E-state index in [1.165, 1.54) is 12.8 Å². The van der Waals surface area contributed by atoms with E-state index in [1.807, 2.05) is 35.2 Å². The van der Waals surface area contributed by atoms with E-state index in [4.69, 9.17) is 4.52 Å². The maximum atomic E-state index is 12.1. The molecule has 1 amide bonds. The second-order valence-electron chi connectivity index (χ2n) is 6.68. The number of allylic oxidation sites excluding steroid dienone is 1. The molecule has 25 heavy (non-hydrogen) atoms. The summed E-state index contributed by atoms with van der Waals surface area (Å²) in [7, 11) is 0. The molecule has 0 unspecified atom stereocenters. The Morgan fingerprint density at radius 1 is 1.16 bits per heavy atom. The highest BCUT2D eigenvalue weighted by molar-refractivity contribution is 5.87. The van der Waals surface area contributed by atoms with Crippen molar-refractivity contribution in [3.8, 4) is 11.4 Å². The van der Waals surface area contributed by atoms with Crippen molar-refractivity contribution in [2.75, 3.05) is 26.2 Å². The molecule has 4 rings (SSSR count). The lowest BCUT2D eigenvalue weighted by molar-refractivity contribution is -0.127. The lowest BCUT2D eigenvalue weighted by Crippen LogP contribution is -2.47. The summed E-state index contributed by atoms with van der Waals surface area (Å²) < 4.78 is 5.37. The third-order valence-corrected chi connectivity index (χ3v) is 4.68. The summed E-state index contributed by atoms with van der Waals surface area (Å²) in [5.74, 6) is 2.01. The number of aromatic nitrogens is 2. The highest BCUT2D eigenvalue weighted by atomic mass is 16.5. The minimum absolute atomic E-state index is 0.135. The normalized spacial score (nSPS) is 18.8. The molecule has 2 aromatic rings. The third-order valence-electron chi connectivity index (χ3n) is 4.68. The molecule has 0 radical (unpaired) electrons. The Hall–Kier alpha value is -2.47. The first kappa shape index (κ1) is 16.0. The minimum atomic E-state index is 0.135. The number of amides is 1. The predicted molar refractivity (Wildman–Crippen MR) is 93.5 cm³/mol. The molecule has 1 aliphatic heterocycles. The highest BCUT2D eigenvalue weighted by Crippen LogP contribution is 2.30. The van der Waals surface area contributed by atoms with Gasteiger partial charge in [0.05, 0.1) is 6.54 Å². The number of carbonyl (C=O) groups excluding carboxylic acids is 1. The number of piperazine rings is 1. The van der Waals surface area contributed by atoms with Gasteiger partial charge in [0.15, 0.2) is 0 Å². The number of hydrogen-bond donors (Lipinski definition) is 0. The van der Waals surface area contributed by atoms with Gasteiger partial charge in [0.25, 0.3) is 0 Å². The van der Waals surface area contributed by atoms with Crippen LogP contribution >= 0.6 is 0 Å². The van der Waals surface area contributed by atoms with Crippen LogP contribution in [0.2, 0.25) is 0 Å². The summed E-state index contributed by atoms with van der Waals surface area (Å²) in [6.07, 6.45) is 6.26. The summed E-state index contributed by atoms with van der Waals surface area (Å²) in [6, 6.07) is 9.81. The molecule has 2 heterocycles. The smallest absolute Gasteiger partial charge is 0.246 e. The van der Waals surface area contributed by atoms with Crippen molar-refractivity contribution in [1.29, 1.82) is 0 Å². The van der Waals surface area contributed by atoms with Crippen molar-refractivity contribution in [3.05, 3.63) is 48.4 Å². The fourth-order valence-corrected chi connectivity index (χ4v) is 2.95. The maximum absolute atomic E-state index is 12.1. The van der Waals surface area contributed by atoms with E-state index in [-0.39, 0.29) is 5.91 Å². The van der Waals surface area contributed by atoms with Crippen molar-refractivity contribution in [1.82, 2.24) is 19.9 Å². The van der Waals surface area contributed by atoms with Crippen molar-refractivity contribution < 1.29 is 9.32 Å². The predicted octanol–water partition coefficient (Wildman–Crippen LogP) is 2.35. The van der Waals surface area contributed by atoms with Gasteiger partial charge in [0.2, 0.25) is 17.6 Å². The Balaban J connectivity index is 1.28. The van der Waals surface area contributed by atoms with Gasteiger partial charge < -0.3 is 9.42 Å². The molecule has 130 valence electrons. The Morgan fingerprint density at radius 3 is 2.64 bits per heavy atom. The number of hydrogen-bond acceptors (Lipinski definition) is 5. The molecule has 1 saturated heterocycles. The Kier molecular flexibility index (Phi) is 4.61. The summed E-state index contributed by atoms with van der Waals surface area (Å²) >= 11 is 0. The van der Waals surface area contributed by atoms with Gasteiger partial charge in [-0.05, 0) is 24.8 Å². The second kappa shape index (κ2) is 7.19. The van der Waals surface area contributed by atoms with Crippen LogP contribution in [0.15, 0.2) is 47.0 Å². The number of nitrogens with zero attached hydrogens (tertiary/aromatic N) is 4. The first-order valence-electron chi connectivity index (χ1n) is 8.85. The van der Waals surface area contributed by atoms with Gasteiger partial charge in [-0.25, -0.2) is 0 Å². The average Bonchev–Trinajstić information content (AvgIpc) is 3.38. The average molecular weight is 338 g/mol. The maximum Gasteiger partial charge on any atom is 0.246 e. The van der Waals surface area contributed by atoms with Crippen LogP contribution in [0.4, 0.5) is 0 Å². The van der Waals surface area contributed by atoms with Crippen LogP contribution in [0.1, 0.15) is 18.7 Å². The Bertz CT molecular complexity index is 744. The van der Waals surface area contributed by atoms with E-state index in [2.05, 4.69) is 21.1 Å². The van der Waals surface area contributed by atoms with E-state index in [0.29, 0.717) is 24.2 Å². The minimum Gasteiger partial charge on any atom is -0.338 e. The van der Waals surface area contributed by atoms with Crippen molar-refractivity contribution >= 4 is 5.91 Å². The SMILES string of the molecule is O=C(C=CC1CC1)N1CCN(Cc2nc(-c3ccccc3)no2)CC1. The Labute approximate surface area is 147 Å². The fraction of sp³-hybridized carbons (Fsp3) is 0.421. The van der Waals surface area contributed by atoms with Crippen LogP contribution in [0.3, 0.4) is 0 Å². The second-order valence-corrected chi connectivity index (χ2v) is 6.68. The van der Waals surface area contributed by atoms with Crippen LogP contribution < -0.4 is 0 Å². The molecule has 2 aliphatic rings. The van der Waals surface area contributed by atoms with Gasteiger partial charge in [-0.2, -0.15) is 4.98 Å². The number of rotatable bonds is 5. The van der Waals surface area contributed by atoms with Crippen LogP contribution in [0.5, 0.6) is 0 Å². The lowest BCUT2D eigenvalue weighted by atomic mass is 10.2. The van der Waals surface area contributed by atoms with Crippen LogP contribution in [-0.2, 0) is 11.3 Å². The zero-order valence-corrected chi connectivity index (χ0v) is 14.2. The quantitative estimate of drug-likeness (QED) is 0.783. The van der Waals surface area contributed by atoms with E-state index in [1.54, 1.807) is 6.08 Å². The summed E-state index contributed by atoms with van der Waals surface area (Å²) in [5, 5.41) is 4.06. The molecule has 0 atom stereocenters. The van der Waals surface area contributed by atoms with Crippen molar-refractivity contribution in [2.45, 2.75) is 19.4 Å². The summed E-state index contributed by atoms with van der Waals surface area (Å²) in [4.78, 5) is 20.8. The molecule has 2 fully saturated rings. The van der Waals surface area contributed by atoms with Gasteiger partial charge in [0, 0.05) is 31.7 Å². The molecule has 1 aromatic carbocycles. The molecule has 6 heteroatoms. The topological polar surface area (TPSA) is 62.5 Å². The van der Waals surface area contributed by atoms with Gasteiger partial charge in [-0.3, -0.25) is 9.69 Å². The van der Waals surface area contributed by atoms with Gasteiger partial charge in [-0.15, -0.1) is 0 Å². The van der Waals surface area contributed by atoms with E-state index < -0.39 is 0 Å². The van der Waals surface area contributed by atoms with Gasteiger partial charge in [-0.1, -0.05) is 41.6 Å². The fourth-order valence-electron chi connectivity index (χ4n) is 2.95. The standard InChI is InChI=1S/C19H22N4O2/c24-18(9-8-15-6-7-15)23-12-10-22(11-13-23)14-17-20-19(21-25-17)16-4-2-1-3-5-16/h1-5,8-9,15H,6-7,10-14H2. The van der Waals surface area contributed by atoms with E-state index in [0.717, 1.165) is 31.7 Å². The van der Waals surface area contributed by atoms with Gasteiger partial charge in [0.1, 0.15) is 0 Å². The first-order valence-corrected chi connectivity index (χ1v) is 8.85. The lowest BCUT2D eigenvalue weighted by Gasteiger charge is -2.33. The number of benzene rings is 1. The van der Waals surface area contributed by atoms with Crippen molar-refractivity contribution in [2.24, 2.45) is 5.92 Å². The molecule has 6 nitrogen and oxygen atoms in total. The zero-order chi connectivity index (χ0) is 17.1. The molecule has 0 bridgehead atoms. The number of carbonyl (C=O) groups is 1. The van der Waals surface area contributed by atoms with E-state index in [9.17, 15) is 4.79 Å². The van der Waals surface area contributed by atoms with Gasteiger partial charge >= 0.3 is 0 Å². The summed E-state index contributed by atoms with van der Waals surface area (Å²) in [5.41, 5.74) is 0.954. The molecule has 1 saturated carbocycles. The monoisotopic (exact) mass is 338 g/mol. The molecule has 0 spiro atoms. The molecular formula is C19H22N4O2. The molecular weight excluding hydrogens is 316 g/mol. The summed E-state index contributed by atoms with van der Waals surface area (Å²) in [6.45, 7) is 3.76. The molecule has 1 aliphatic carbocycles.